The van der Waals surface area contributed by atoms with E-state index in [0.29, 0.717) is 35.5 Å². The Morgan fingerprint density at radius 2 is 1.69 bits per heavy atom. The maximum atomic E-state index is 13.2. The highest BCUT2D eigenvalue weighted by Crippen LogP contribution is 2.20. The van der Waals surface area contributed by atoms with Gasteiger partial charge in [0.2, 0.25) is 11.8 Å². The lowest BCUT2D eigenvalue weighted by Crippen LogP contribution is -2.50. The topological polar surface area (TPSA) is 49.4 Å². The van der Waals surface area contributed by atoms with Crippen molar-refractivity contribution in [3.8, 4) is 0 Å². The zero-order valence-corrected chi connectivity index (χ0v) is 18.6. The molecule has 1 atom stereocenters. The molecule has 0 radical (unpaired) electrons. The molecular weight excluding hydrogens is 407 g/mol. The van der Waals surface area contributed by atoms with Gasteiger partial charge < -0.3 is 10.2 Å². The average Bonchev–Trinajstić information content (AvgIpc) is 2.69. The van der Waals surface area contributed by atoms with E-state index in [1.54, 1.807) is 23.1 Å². The molecule has 2 rings (SSSR count). The minimum Gasteiger partial charge on any atom is -0.354 e. The van der Waals surface area contributed by atoms with Crippen LogP contribution >= 0.6 is 23.2 Å². The summed E-state index contributed by atoms with van der Waals surface area (Å²) < 4.78 is 0. The molecule has 0 aliphatic heterocycles. The van der Waals surface area contributed by atoms with Crippen molar-refractivity contribution in [3.63, 3.8) is 0 Å². The summed E-state index contributed by atoms with van der Waals surface area (Å²) in [6.07, 6.45) is 0.660. The maximum absolute atomic E-state index is 13.2. The third-order valence-electron chi connectivity index (χ3n) is 4.64. The predicted molar refractivity (Wildman–Crippen MR) is 119 cm³/mol. The van der Waals surface area contributed by atoms with Gasteiger partial charge >= 0.3 is 0 Å². The number of amides is 2. The molecule has 2 aromatic rings. The van der Waals surface area contributed by atoms with E-state index in [0.717, 1.165) is 11.1 Å². The van der Waals surface area contributed by atoms with Gasteiger partial charge in [0, 0.05) is 23.1 Å². The maximum Gasteiger partial charge on any atom is 0.242 e. The first kappa shape index (κ1) is 23.2. The zero-order chi connectivity index (χ0) is 21.4. The van der Waals surface area contributed by atoms with Crippen LogP contribution in [-0.2, 0) is 22.6 Å². The minimum absolute atomic E-state index is 0.136. The molecule has 0 bridgehead atoms. The van der Waals surface area contributed by atoms with E-state index >= 15 is 0 Å². The third-order valence-corrected chi connectivity index (χ3v) is 5.26. The lowest BCUT2D eigenvalue weighted by molar-refractivity contribution is -0.141. The Morgan fingerprint density at radius 1 is 1.03 bits per heavy atom. The summed E-state index contributed by atoms with van der Waals surface area (Å²) in [6.45, 7) is 6.89. The molecule has 0 saturated heterocycles. The molecule has 2 aromatic carbocycles. The van der Waals surface area contributed by atoms with E-state index in [9.17, 15) is 9.59 Å². The summed E-state index contributed by atoms with van der Waals surface area (Å²) in [5.41, 5.74) is 1.66. The van der Waals surface area contributed by atoms with E-state index in [-0.39, 0.29) is 18.2 Å². The summed E-state index contributed by atoms with van der Waals surface area (Å²) >= 11 is 12.2. The van der Waals surface area contributed by atoms with E-state index in [1.807, 2.05) is 51.1 Å². The Balaban J connectivity index is 2.27. The van der Waals surface area contributed by atoms with Crippen molar-refractivity contribution >= 4 is 35.0 Å². The fourth-order valence-electron chi connectivity index (χ4n) is 3.03. The van der Waals surface area contributed by atoms with E-state index in [2.05, 4.69) is 5.32 Å². The Bertz CT molecular complexity index is 822. The van der Waals surface area contributed by atoms with E-state index in [4.69, 9.17) is 23.2 Å². The van der Waals surface area contributed by atoms with Crippen LogP contribution in [0.3, 0.4) is 0 Å². The molecule has 6 heteroatoms. The number of carbonyl (C=O) groups is 2. The fraction of sp³-hybridized carbons (Fsp3) is 0.391. The monoisotopic (exact) mass is 434 g/mol. The molecule has 0 aliphatic carbocycles. The predicted octanol–water partition coefficient (Wildman–Crippen LogP) is 5.12. The van der Waals surface area contributed by atoms with Gasteiger partial charge in [0.05, 0.1) is 6.42 Å². The van der Waals surface area contributed by atoms with Gasteiger partial charge in [0.1, 0.15) is 6.04 Å². The van der Waals surface area contributed by atoms with Gasteiger partial charge in [0.25, 0.3) is 0 Å². The first-order valence-corrected chi connectivity index (χ1v) is 10.6. The van der Waals surface area contributed by atoms with Crippen molar-refractivity contribution in [2.75, 3.05) is 6.54 Å². The highest BCUT2D eigenvalue weighted by atomic mass is 35.5. The smallest absolute Gasteiger partial charge is 0.242 e. The summed E-state index contributed by atoms with van der Waals surface area (Å²) in [6, 6.07) is 14.0. The van der Waals surface area contributed by atoms with Crippen LogP contribution in [-0.4, -0.2) is 29.3 Å². The van der Waals surface area contributed by atoms with Gasteiger partial charge in [-0.2, -0.15) is 0 Å². The normalized spacial score (nSPS) is 11.9. The van der Waals surface area contributed by atoms with Crippen molar-refractivity contribution in [1.29, 1.82) is 0 Å². The molecule has 0 aromatic heterocycles. The van der Waals surface area contributed by atoms with Crippen molar-refractivity contribution in [3.05, 3.63) is 69.7 Å². The second-order valence-corrected chi connectivity index (χ2v) is 8.32. The number of hydrogen-bond acceptors (Lipinski definition) is 2. The molecule has 0 saturated carbocycles. The standard InChI is InChI=1S/C23H28Cl2N2O2/c1-4-21(23(29)26-14-16(2)3)27(15-17-9-11-19(24)12-10-17)22(28)13-18-7-5-6-8-20(18)25/h5-12,16,21H,4,13-15H2,1-3H3,(H,26,29)/t21-/m0/s1. The Hall–Kier alpha value is -2.04. The van der Waals surface area contributed by atoms with Crippen LogP contribution in [0.15, 0.2) is 48.5 Å². The third kappa shape index (κ3) is 7.06. The molecule has 4 nitrogen and oxygen atoms in total. The van der Waals surface area contributed by atoms with Crippen LogP contribution < -0.4 is 5.32 Å². The first-order chi connectivity index (χ1) is 13.8. The molecule has 0 heterocycles. The van der Waals surface area contributed by atoms with Gasteiger partial charge in [-0.1, -0.05) is 74.3 Å². The second kappa shape index (κ2) is 11.2. The molecule has 1 N–H and O–H groups in total. The average molecular weight is 435 g/mol. The van der Waals surface area contributed by atoms with E-state index < -0.39 is 6.04 Å². The molecule has 0 unspecified atom stereocenters. The van der Waals surface area contributed by atoms with Crippen molar-refractivity contribution in [2.24, 2.45) is 5.92 Å². The Labute approximate surface area is 183 Å². The van der Waals surface area contributed by atoms with Gasteiger partial charge in [-0.3, -0.25) is 9.59 Å². The summed E-state index contributed by atoms with van der Waals surface area (Å²) in [4.78, 5) is 27.7. The highest BCUT2D eigenvalue weighted by molar-refractivity contribution is 6.31. The number of benzene rings is 2. The SMILES string of the molecule is CC[C@@H](C(=O)NCC(C)C)N(Cc1ccc(Cl)cc1)C(=O)Cc1ccccc1Cl. The van der Waals surface area contributed by atoms with Crippen LogP contribution in [0.2, 0.25) is 10.0 Å². The number of halogens is 2. The summed E-state index contributed by atoms with van der Waals surface area (Å²) in [7, 11) is 0. The number of nitrogens with one attached hydrogen (secondary N) is 1. The highest BCUT2D eigenvalue weighted by Gasteiger charge is 2.29. The molecule has 156 valence electrons. The lowest BCUT2D eigenvalue weighted by atomic mass is 10.1. The van der Waals surface area contributed by atoms with Crippen LogP contribution in [0.5, 0.6) is 0 Å². The number of hydrogen-bond donors (Lipinski definition) is 1. The Morgan fingerprint density at radius 3 is 2.28 bits per heavy atom. The van der Waals surface area contributed by atoms with Gasteiger partial charge in [0.15, 0.2) is 0 Å². The second-order valence-electron chi connectivity index (χ2n) is 7.48. The lowest BCUT2D eigenvalue weighted by Gasteiger charge is -2.31. The number of carbonyl (C=O) groups excluding carboxylic acids is 2. The number of rotatable bonds is 9. The van der Waals surface area contributed by atoms with E-state index in [1.165, 1.54) is 0 Å². The largest absolute Gasteiger partial charge is 0.354 e. The van der Waals surface area contributed by atoms with Crippen LogP contribution in [0.4, 0.5) is 0 Å². The summed E-state index contributed by atoms with van der Waals surface area (Å²) in [5, 5.41) is 4.13. The van der Waals surface area contributed by atoms with Crippen molar-refractivity contribution in [1.82, 2.24) is 10.2 Å². The zero-order valence-electron chi connectivity index (χ0n) is 17.1. The van der Waals surface area contributed by atoms with Crippen LogP contribution in [0.25, 0.3) is 0 Å². The van der Waals surface area contributed by atoms with Crippen molar-refractivity contribution < 1.29 is 9.59 Å². The molecule has 0 fully saturated rings. The van der Waals surface area contributed by atoms with Crippen LogP contribution in [0.1, 0.15) is 38.3 Å². The Kier molecular flexibility index (Phi) is 8.99. The molecular formula is C23H28Cl2N2O2. The van der Waals surface area contributed by atoms with Gasteiger partial charge in [-0.25, -0.2) is 0 Å². The fourth-order valence-corrected chi connectivity index (χ4v) is 3.36. The number of nitrogens with zero attached hydrogens (tertiary/aromatic N) is 1. The van der Waals surface area contributed by atoms with Gasteiger partial charge in [-0.05, 0) is 41.7 Å². The minimum atomic E-state index is -0.556. The molecule has 2 amide bonds. The molecule has 29 heavy (non-hydrogen) atoms. The first-order valence-electron chi connectivity index (χ1n) is 9.86. The molecule has 0 spiro atoms. The summed E-state index contributed by atoms with van der Waals surface area (Å²) in [5.74, 6) is 0.0577. The van der Waals surface area contributed by atoms with Crippen molar-refractivity contribution in [2.45, 2.75) is 46.2 Å². The van der Waals surface area contributed by atoms with Gasteiger partial charge in [-0.15, -0.1) is 0 Å². The van der Waals surface area contributed by atoms with Crippen LogP contribution in [0, 0.1) is 5.92 Å². The molecule has 0 aliphatic rings. The quantitative estimate of drug-likeness (QED) is 0.595.